The van der Waals surface area contributed by atoms with Crippen molar-refractivity contribution in [1.29, 1.82) is 0 Å². The molecule has 6 nitrogen and oxygen atoms in total. The quantitative estimate of drug-likeness (QED) is 0.324. The molecule has 3 aromatic carbocycles. The molecule has 0 spiro atoms. The van der Waals surface area contributed by atoms with E-state index in [1.165, 1.54) is 16.3 Å². The third kappa shape index (κ3) is 4.24. The van der Waals surface area contributed by atoms with Crippen molar-refractivity contribution in [2.75, 3.05) is 24.8 Å². The molecule has 0 aliphatic heterocycles. The maximum absolute atomic E-state index is 13.5. The molecule has 0 unspecified atom stereocenters. The van der Waals surface area contributed by atoms with E-state index in [-0.39, 0.29) is 17.2 Å². The Balaban J connectivity index is 1.77. The number of aromatic nitrogens is 2. The summed E-state index contributed by atoms with van der Waals surface area (Å²) in [4.78, 5) is 32.7. The molecule has 1 heterocycles. The van der Waals surface area contributed by atoms with E-state index in [4.69, 9.17) is 9.72 Å². The van der Waals surface area contributed by atoms with Crippen molar-refractivity contribution < 1.29 is 9.53 Å². The Kier molecular flexibility index (Phi) is 6.28. The van der Waals surface area contributed by atoms with Crippen molar-refractivity contribution in [1.82, 2.24) is 9.55 Å². The fourth-order valence-electron chi connectivity index (χ4n) is 3.42. The van der Waals surface area contributed by atoms with Gasteiger partial charge in [0, 0.05) is 12.7 Å². The van der Waals surface area contributed by atoms with Crippen LogP contribution in [0.25, 0.3) is 16.6 Å². The van der Waals surface area contributed by atoms with Gasteiger partial charge in [-0.25, -0.2) is 4.98 Å². The van der Waals surface area contributed by atoms with Gasteiger partial charge in [0.1, 0.15) is 5.75 Å². The Bertz CT molecular complexity index is 1340. The highest BCUT2D eigenvalue weighted by atomic mass is 32.2. The van der Waals surface area contributed by atoms with Crippen LogP contribution < -0.4 is 15.2 Å². The zero-order chi connectivity index (χ0) is 22.7. The number of carbonyl (C=O) groups excluding carboxylic acids is 1. The number of nitrogens with zero attached hydrogens (tertiary/aromatic N) is 3. The van der Waals surface area contributed by atoms with Crippen LogP contribution in [0, 0.1) is 6.92 Å². The Morgan fingerprint density at radius 3 is 2.53 bits per heavy atom. The van der Waals surface area contributed by atoms with Gasteiger partial charge in [-0.15, -0.1) is 0 Å². The first-order chi connectivity index (χ1) is 15.5. The van der Waals surface area contributed by atoms with Crippen molar-refractivity contribution in [3.63, 3.8) is 0 Å². The minimum Gasteiger partial charge on any atom is -0.495 e. The van der Waals surface area contributed by atoms with E-state index in [9.17, 15) is 9.59 Å². The minimum atomic E-state index is -0.203. The summed E-state index contributed by atoms with van der Waals surface area (Å²) in [6, 6.07) is 22.3. The lowest BCUT2D eigenvalue weighted by atomic mass is 10.2. The van der Waals surface area contributed by atoms with Crippen molar-refractivity contribution in [3.8, 4) is 11.4 Å². The Labute approximate surface area is 190 Å². The van der Waals surface area contributed by atoms with Crippen LogP contribution in [-0.4, -0.2) is 35.4 Å². The average molecular weight is 446 g/mol. The fraction of sp³-hybridized carbons (Fsp3) is 0.160. The van der Waals surface area contributed by atoms with E-state index in [0.717, 1.165) is 11.3 Å². The highest BCUT2D eigenvalue weighted by Gasteiger charge is 2.19. The number of thioether (sulfide) groups is 1. The number of rotatable bonds is 6. The lowest BCUT2D eigenvalue weighted by molar-refractivity contribution is -0.115. The number of ether oxygens (including phenoxy) is 1. The number of aryl methyl sites for hydroxylation is 1. The zero-order valence-corrected chi connectivity index (χ0v) is 18.9. The third-order valence-electron chi connectivity index (χ3n) is 5.16. The molecule has 0 aliphatic carbocycles. The van der Waals surface area contributed by atoms with Crippen molar-refractivity contribution in [2.24, 2.45) is 0 Å². The summed E-state index contributed by atoms with van der Waals surface area (Å²) >= 11 is 1.23. The van der Waals surface area contributed by atoms with Crippen LogP contribution in [0.1, 0.15) is 5.56 Å². The Morgan fingerprint density at radius 2 is 1.78 bits per heavy atom. The van der Waals surface area contributed by atoms with Crippen molar-refractivity contribution in [3.05, 3.63) is 88.7 Å². The molecule has 0 saturated heterocycles. The SMILES string of the molecule is COc1ccc(C)cc1-n1c(SCC(=O)N(C)c2ccccc2)nc2ccccc2c1=O. The molecule has 0 bridgehead atoms. The number of anilines is 1. The number of benzene rings is 3. The van der Waals surface area contributed by atoms with Gasteiger partial charge in [-0.3, -0.25) is 14.2 Å². The number of methoxy groups -OCH3 is 1. The second-order valence-electron chi connectivity index (χ2n) is 7.30. The second kappa shape index (κ2) is 9.28. The summed E-state index contributed by atoms with van der Waals surface area (Å²) in [6.45, 7) is 1.95. The van der Waals surface area contributed by atoms with Crippen LogP contribution in [0.2, 0.25) is 0 Å². The smallest absolute Gasteiger partial charge is 0.266 e. The number of fused-ring (bicyclic) bond motifs is 1. The van der Waals surface area contributed by atoms with Crippen LogP contribution in [0.5, 0.6) is 5.75 Å². The molecule has 0 fully saturated rings. The number of hydrogen-bond donors (Lipinski definition) is 0. The van der Waals surface area contributed by atoms with E-state index in [1.807, 2.05) is 67.6 Å². The maximum atomic E-state index is 13.5. The van der Waals surface area contributed by atoms with E-state index in [2.05, 4.69) is 0 Å². The predicted octanol–water partition coefficient (Wildman–Crippen LogP) is 4.46. The summed E-state index contributed by atoms with van der Waals surface area (Å²) < 4.78 is 7.06. The molecular weight excluding hydrogens is 422 g/mol. The van der Waals surface area contributed by atoms with Crippen LogP contribution in [0.15, 0.2) is 82.7 Å². The highest BCUT2D eigenvalue weighted by Crippen LogP contribution is 2.28. The summed E-state index contributed by atoms with van der Waals surface area (Å²) in [5.41, 5.74) is 2.78. The van der Waals surface area contributed by atoms with Crippen LogP contribution in [0.3, 0.4) is 0 Å². The van der Waals surface area contributed by atoms with Crippen LogP contribution >= 0.6 is 11.8 Å². The predicted molar refractivity (Wildman–Crippen MR) is 129 cm³/mol. The van der Waals surface area contributed by atoms with Crippen molar-refractivity contribution in [2.45, 2.75) is 12.1 Å². The van der Waals surface area contributed by atoms with Gasteiger partial charge >= 0.3 is 0 Å². The van der Waals surface area contributed by atoms with Crippen LogP contribution in [0.4, 0.5) is 5.69 Å². The summed E-state index contributed by atoms with van der Waals surface area (Å²) in [5.74, 6) is 0.598. The number of amides is 1. The number of hydrogen-bond acceptors (Lipinski definition) is 5. The molecule has 4 rings (SSSR count). The number of para-hydroxylation sites is 2. The van der Waals surface area contributed by atoms with Gasteiger partial charge < -0.3 is 9.64 Å². The summed E-state index contributed by atoms with van der Waals surface area (Å²) in [5, 5.41) is 0.945. The average Bonchev–Trinajstić information content (AvgIpc) is 2.82. The zero-order valence-electron chi connectivity index (χ0n) is 18.1. The maximum Gasteiger partial charge on any atom is 0.266 e. The molecule has 0 N–H and O–H groups in total. The molecule has 7 heteroatoms. The Morgan fingerprint density at radius 1 is 1.06 bits per heavy atom. The van der Waals surface area contributed by atoms with Gasteiger partial charge in [0.15, 0.2) is 5.16 Å². The van der Waals surface area contributed by atoms with Gasteiger partial charge in [-0.05, 0) is 48.9 Å². The second-order valence-corrected chi connectivity index (χ2v) is 8.25. The third-order valence-corrected chi connectivity index (χ3v) is 6.09. The molecule has 32 heavy (non-hydrogen) atoms. The molecule has 0 atom stereocenters. The van der Waals surface area contributed by atoms with Gasteiger partial charge in [-0.2, -0.15) is 0 Å². The molecule has 4 aromatic rings. The van der Waals surface area contributed by atoms with E-state index in [0.29, 0.717) is 27.5 Å². The van der Waals surface area contributed by atoms with Crippen molar-refractivity contribution >= 4 is 34.3 Å². The molecule has 162 valence electrons. The Hall–Kier alpha value is -3.58. The minimum absolute atomic E-state index is 0.0913. The topological polar surface area (TPSA) is 64.4 Å². The normalized spacial score (nSPS) is 10.8. The van der Waals surface area contributed by atoms with Gasteiger partial charge in [-0.1, -0.05) is 48.2 Å². The summed E-state index contributed by atoms with van der Waals surface area (Å²) in [6.07, 6.45) is 0. The largest absolute Gasteiger partial charge is 0.495 e. The standard InChI is InChI=1S/C25H23N3O3S/c1-17-13-14-22(31-3)21(15-17)28-24(30)19-11-7-8-12-20(19)26-25(28)32-16-23(29)27(2)18-9-5-4-6-10-18/h4-15H,16H2,1-3H3. The molecule has 1 aromatic heterocycles. The van der Waals surface area contributed by atoms with Gasteiger partial charge in [0.05, 0.1) is 29.5 Å². The monoisotopic (exact) mass is 445 g/mol. The lowest BCUT2D eigenvalue weighted by Crippen LogP contribution is -2.28. The highest BCUT2D eigenvalue weighted by molar-refractivity contribution is 7.99. The van der Waals surface area contributed by atoms with E-state index < -0.39 is 0 Å². The van der Waals surface area contributed by atoms with Gasteiger partial charge in [0.2, 0.25) is 5.91 Å². The summed E-state index contributed by atoms with van der Waals surface area (Å²) in [7, 11) is 3.31. The molecule has 0 aliphatic rings. The fourth-order valence-corrected chi connectivity index (χ4v) is 4.33. The van der Waals surface area contributed by atoms with Gasteiger partial charge in [0.25, 0.3) is 5.56 Å². The number of carbonyl (C=O) groups is 1. The first kappa shape index (κ1) is 21.6. The lowest BCUT2D eigenvalue weighted by Gasteiger charge is -2.19. The molecular formula is C25H23N3O3S. The van der Waals surface area contributed by atoms with E-state index >= 15 is 0 Å². The van der Waals surface area contributed by atoms with E-state index in [1.54, 1.807) is 31.2 Å². The first-order valence-corrected chi connectivity index (χ1v) is 11.1. The molecule has 0 saturated carbocycles. The molecule has 0 radical (unpaired) electrons. The van der Waals surface area contributed by atoms with Crippen LogP contribution in [-0.2, 0) is 4.79 Å². The molecule has 1 amide bonds. The first-order valence-electron chi connectivity index (χ1n) is 10.1.